The number of anilines is 1. The van der Waals surface area contributed by atoms with E-state index < -0.39 is 27.6 Å². The lowest BCUT2D eigenvalue weighted by Crippen LogP contribution is -2.48. The summed E-state index contributed by atoms with van der Waals surface area (Å²) in [6, 6.07) is 16.0. The van der Waals surface area contributed by atoms with Crippen molar-refractivity contribution in [1.82, 2.24) is 19.5 Å². The van der Waals surface area contributed by atoms with Gasteiger partial charge in [-0.2, -0.15) is 18.3 Å². The minimum atomic E-state index is -4.77. The van der Waals surface area contributed by atoms with Crippen molar-refractivity contribution >= 4 is 27.1 Å². The van der Waals surface area contributed by atoms with Gasteiger partial charge in [0.2, 0.25) is 0 Å². The number of amides is 1. The molecule has 192 valence electrons. The zero-order valence-corrected chi connectivity index (χ0v) is 20.5. The molecule has 0 bridgehead atoms. The van der Waals surface area contributed by atoms with Crippen molar-refractivity contribution in [3.05, 3.63) is 78.1 Å². The van der Waals surface area contributed by atoms with E-state index in [2.05, 4.69) is 15.0 Å². The van der Waals surface area contributed by atoms with Crippen molar-refractivity contribution in [3.8, 4) is 11.3 Å². The number of nitrogens with zero attached hydrogens (tertiary/aromatic N) is 5. The van der Waals surface area contributed by atoms with Crippen LogP contribution >= 0.6 is 0 Å². The topological polar surface area (TPSA) is 87.9 Å². The van der Waals surface area contributed by atoms with Crippen LogP contribution in [0.5, 0.6) is 0 Å². The number of halogens is 3. The summed E-state index contributed by atoms with van der Waals surface area (Å²) < 4.78 is 65.9. The summed E-state index contributed by atoms with van der Waals surface area (Å²) in [4.78, 5) is 21.4. The highest BCUT2D eigenvalue weighted by Gasteiger charge is 2.36. The molecule has 0 atom stereocenters. The lowest BCUT2D eigenvalue weighted by atomic mass is 10.1. The van der Waals surface area contributed by atoms with Crippen molar-refractivity contribution in [2.75, 3.05) is 37.3 Å². The van der Waals surface area contributed by atoms with Crippen LogP contribution in [-0.2, 0) is 16.0 Å². The summed E-state index contributed by atoms with van der Waals surface area (Å²) in [5, 5.41) is 3.84. The van der Waals surface area contributed by atoms with E-state index in [0.717, 1.165) is 24.2 Å². The fourth-order valence-electron chi connectivity index (χ4n) is 4.31. The standard InChI is InChI=1S/C25H22F3N5O3S/c1-37(35,36)19-9-7-17(8-10-19)21-15-22(25(26,27)28)33-23(30-21)20(16-29-33)24(34)32-13-11-31(12-14-32)18-5-3-2-4-6-18/h2-10,15-16H,11-14H2,1H3. The number of sulfone groups is 1. The van der Waals surface area contributed by atoms with Crippen LogP contribution in [0.4, 0.5) is 18.9 Å². The Morgan fingerprint density at radius 1 is 0.946 bits per heavy atom. The molecule has 1 aliphatic rings. The molecule has 8 nitrogen and oxygen atoms in total. The maximum Gasteiger partial charge on any atom is 0.433 e. The number of hydrogen-bond donors (Lipinski definition) is 0. The molecule has 5 rings (SSSR count). The third-order valence-electron chi connectivity index (χ3n) is 6.26. The number of carbonyl (C=O) groups excluding carboxylic acids is 1. The molecule has 0 aliphatic carbocycles. The van der Waals surface area contributed by atoms with Gasteiger partial charge in [-0.15, -0.1) is 0 Å². The maximum atomic E-state index is 13.9. The van der Waals surface area contributed by atoms with Crippen LogP contribution < -0.4 is 4.90 Å². The summed E-state index contributed by atoms with van der Waals surface area (Å²) in [5.74, 6) is -0.451. The molecule has 2 aromatic heterocycles. The molecule has 12 heteroatoms. The number of hydrogen-bond acceptors (Lipinski definition) is 6. The SMILES string of the molecule is CS(=O)(=O)c1ccc(-c2cc(C(F)(F)F)n3ncc(C(=O)N4CCN(c5ccccc5)CC4)c3n2)cc1. The van der Waals surface area contributed by atoms with E-state index in [1.54, 1.807) is 4.90 Å². The Morgan fingerprint density at radius 3 is 2.19 bits per heavy atom. The minimum Gasteiger partial charge on any atom is -0.368 e. The number of alkyl halides is 3. The van der Waals surface area contributed by atoms with E-state index in [0.29, 0.717) is 30.7 Å². The average Bonchev–Trinajstić information content (AvgIpc) is 3.31. The van der Waals surface area contributed by atoms with Gasteiger partial charge in [0.15, 0.2) is 21.2 Å². The molecule has 1 amide bonds. The first kappa shape index (κ1) is 24.8. The van der Waals surface area contributed by atoms with Crippen LogP contribution in [0.3, 0.4) is 0 Å². The summed E-state index contributed by atoms with van der Waals surface area (Å²) in [5.41, 5.74) is -0.0817. The van der Waals surface area contributed by atoms with Crippen LogP contribution in [0, 0.1) is 0 Å². The number of carbonyl (C=O) groups is 1. The van der Waals surface area contributed by atoms with E-state index >= 15 is 0 Å². The van der Waals surface area contributed by atoms with Crippen molar-refractivity contribution in [2.45, 2.75) is 11.1 Å². The lowest BCUT2D eigenvalue weighted by Gasteiger charge is -2.36. The van der Waals surface area contributed by atoms with Gasteiger partial charge in [-0.25, -0.2) is 17.9 Å². The Labute approximate surface area is 210 Å². The summed E-state index contributed by atoms with van der Waals surface area (Å²) in [6.07, 6.45) is -2.62. The Hall–Kier alpha value is -3.93. The largest absolute Gasteiger partial charge is 0.433 e. The fraction of sp³-hybridized carbons (Fsp3) is 0.240. The number of para-hydroxylation sites is 1. The Kier molecular flexibility index (Phi) is 6.14. The number of aromatic nitrogens is 3. The highest BCUT2D eigenvalue weighted by molar-refractivity contribution is 7.90. The van der Waals surface area contributed by atoms with Crippen LogP contribution in [0.2, 0.25) is 0 Å². The van der Waals surface area contributed by atoms with Gasteiger partial charge in [-0.05, 0) is 30.3 Å². The van der Waals surface area contributed by atoms with Crippen LogP contribution in [0.1, 0.15) is 16.1 Å². The van der Waals surface area contributed by atoms with Crippen molar-refractivity contribution in [2.24, 2.45) is 0 Å². The normalized spacial score (nSPS) is 14.8. The van der Waals surface area contributed by atoms with Crippen molar-refractivity contribution in [3.63, 3.8) is 0 Å². The monoisotopic (exact) mass is 529 g/mol. The first-order valence-electron chi connectivity index (χ1n) is 11.4. The summed E-state index contributed by atoms with van der Waals surface area (Å²) >= 11 is 0. The Balaban J connectivity index is 1.49. The molecule has 1 aliphatic heterocycles. The van der Waals surface area contributed by atoms with Gasteiger partial charge in [-0.1, -0.05) is 30.3 Å². The maximum absolute atomic E-state index is 13.9. The van der Waals surface area contributed by atoms with Crippen LogP contribution in [0.15, 0.2) is 71.8 Å². The van der Waals surface area contributed by atoms with Gasteiger partial charge in [0, 0.05) is 43.7 Å². The Bertz CT molecular complexity index is 1560. The predicted octanol–water partition coefficient (Wildman–Crippen LogP) is 3.78. The number of fused-ring (bicyclic) bond motifs is 1. The average molecular weight is 530 g/mol. The van der Waals surface area contributed by atoms with Gasteiger partial charge in [0.05, 0.1) is 16.8 Å². The molecule has 37 heavy (non-hydrogen) atoms. The zero-order chi connectivity index (χ0) is 26.4. The second-order valence-corrected chi connectivity index (χ2v) is 10.7. The van der Waals surface area contributed by atoms with Crippen molar-refractivity contribution < 1.29 is 26.4 Å². The first-order chi connectivity index (χ1) is 17.5. The quantitative estimate of drug-likeness (QED) is 0.400. The molecule has 1 fully saturated rings. The van der Waals surface area contributed by atoms with Gasteiger partial charge >= 0.3 is 6.18 Å². The number of piperazine rings is 1. The summed E-state index contributed by atoms with van der Waals surface area (Å²) in [6.45, 7) is 1.94. The second kappa shape index (κ2) is 9.18. The van der Waals surface area contributed by atoms with E-state index in [4.69, 9.17) is 0 Å². The number of rotatable bonds is 4. The Morgan fingerprint density at radius 2 is 1.59 bits per heavy atom. The van der Waals surface area contributed by atoms with Gasteiger partial charge < -0.3 is 9.80 Å². The van der Waals surface area contributed by atoms with Gasteiger partial charge in [-0.3, -0.25) is 4.79 Å². The van der Waals surface area contributed by atoms with E-state index in [1.807, 2.05) is 30.3 Å². The molecule has 0 saturated carbocycles. The second-order valence-electron chi connectivity index (χ2n) is 8.73. The lowest BCUT2D eigenvalue weighted by molar-refractivity contribution is -0.142. The predicted molar refractivity (Wildman–Crippen MR) is 131 cm³/mol. The third-order valence-corrected chi connectivity index (χ3v) is 7.39. The van der Waals surface area contributed by atoms with Gasteiger partial charge in [0.1, 0.15) is 5.56 Å². The highest BCUT2D eigenvalue weighted by atomic mass is 32.2. The molecular weight excluding hydrogens is 507 g/mol. The van der Waals surface area contributed by atoms with Crippen LogP contribution in [-0.4, -0.2) is 66.3 Å². The van der Waals surface area contributed by atoms with Crippen LogP contribution in [0.25, 0.3) is 16.9 Å². The molecular formula is C25H22F3N5O3S. The molecule has 1 saturated heterocycles. The smallest absolute Gasteiger partial charge is 0.368 e. The summed E-state index contributed by atoms with van der Waals surface area (Å²) in [7, 11) is -3.48. The molecule has 0 radical (unpaired) electrons. The molecule has 0 spiro atoms. The number of benzene rings is 2. The fourth-order valence-corrected chi connectivity index (χ4v) is 4.94. The molecule has 0 unspecified atom stereocenters. The molecule has 4 aromatic rings. The zero-order valence-electron chi connectivity index (χ0n) is 19.7. The van der Waals surface area contributed by atoms with Crippen molar-refractivity contribution in [1.29, 1.82) is 0 Å². The van der Waals surface area contributed by atoms with E-state index in [1.165, 1.54) is 24.3 Å². The van der Waals surface area contributed by atoms with Gasteiger partial charge in [0.25, 0.3) is 5.91 Å². The molecule has 0 N–H and O–H groups in total. The first-order valence-corrected chi connectivity index (χ1v) is 13.3. The van der Waals surface area contributed by atoms with E-state index in [-0.39, 0.29) is 27.4 Å². The molecule has 3 heterocycles. The molecule has 2 aromatic carbocycles. The third kappa shape index (κ3) is 4.88. The van der Waals surface area contributed by atoms with E-state index in [9.17, 15) is 26.4 Å². The highest BCUT2D eigenvalue weighted by Crippen LogP contribution is 2.33. The minimum absolute atomic E-state index is 0.0308.